The van der Waals surface area contributed by atoms with E-state index in [-0.39, 0.29) is 12.8 Å². The van der Waals surface area contributed by atoms with Gasteiger partial charge in [-0.1, -0.05) is 24.3 Å². The first-order chi connectivity index (χ1) is 20.5. The average Bonchev–Trinajstić information content (AvgIpc) is 3.01. The van der Waals surface area contributed by atoms with Gasteiger partial charge in [-0.2, -0.15) is 0 Å². The second kappa shape index (κ2) is 16.3. The summed E-state index contributed by atoms with van der Waals surface area (Å²) in [6, 6.07) is 16.4. The molecule has 3 heterocycles. The number of unbranched alkanes of at least 4 members (excludes halogenated alkanes) is 1. The van der Waals surface area contributed by atoms with Crippen LogP contribution >= 0.6 is 0 Å². The molecule has 0 fully saturated rings. The Morgan fingerprint density at radius 1 is 1.07 bits per heavy atom. The number of carboxylic acid groups (broad SMARTS) is 1. The van der Waals surface area contributed by atoms with Crippen LogP contribution in [0.3, 0.4) is 0 Å². The largest absolute Gasteiger partial charge is 0.495 e. The van der Waals surface area contributed by atoms with E-state index in [4.69, 9.17) is 14.5 Å². The zero-order chi connectivity index (χ0) is 29.6. The molecule has 1 atom stereocenters. The first kappa shape index (κ1) is 30.8. The molecule has 0 saturated heterocycles. The van der Waals surface area contributed by atoms with Crippen molar-refractivity contribution in [1.82, 2.24) is 20.2 Å². The van der Waals surface area contributed by atoms with E-state index in [0.29, 0.717) is 31.1 Å². The van der Waals surface area contributed by atoms with Gasteiger partial charge in [-0.15, -0.1) is 0 Å². The van der Waals surface area contributed by atoms with Gasteiger partial charge >= 0.3 is 5.97 Å². The van der Waals surface area contributed by atoms with Gasteiger partial charge in [0.1, 0.15) is 30.0 Å². The van der Waals surface area contributed by atoms with Crippen LogP contribution in [0.5, 0.6) is 11.5 Å². The molecule has 4 rings (SSSR count). The summed E-state index contributed by atoms with van der Waals surface area (Å²) in [5, 5.41) is 15.9. The number of anilines is 1. The van der Waals surface area contributed by atoms with Crippen LogP contribution in [0.4, 0.5) is 5.82 Å². The van der Waals surface area contributed by atoms with Gasteiger partial charge in [-0.3, -0.25) is 14.7 Å². The normalized spacial score (nSPS) is 13.1. The van der Waals surface area contributed by atoms with Gasteiger partial charge in [-0.05, 0) is 81.0 Å². The fourth-order valence-corrected chi connectivity index (χ4v) is 5.00. The Bertz CT molecular complexity index is 1290. The number of hydrogen-bond donors (Lipinski definition) is 3. The Hall–Kier alpha value is -4.18. The molecule has 10 nitrogen and oxygen atoms in total. The molecule has 0 saturated carbocycles. The molecule has 1 aromatic carbocycles. The van der Waals surface area contributed by atoms with Crippen LogP contribution in [-0.2, 0) is 28.9 Å². The van der Waals surface area contributed by atoms with Crippen LogP contribution in [0, 0.1) is 0 Å². The predicted octanol–water partition coefficient (Wildman–Crippen LogP) is 3.75. The Morgan fingerprint density at radius 2 is 1.93 bits per heavy atom. The van der Waals surface area contributed by atoms with Crippen LogP contribution < -0.4 is 20.1 Å². The molecular formula is C32H41N5O5. The van der Waals surface area contributed by atoms with Crippen LogP contribution in [0.25, 0.3) is 0 Å². The van der Waals surface area contributed by atoms with Gasteiger partial charge in [0.25, 0.3) is 0 Å². The van der Waals surface area contributed by atoms with Crippen molar-refractivity contribution in [1.29, 1.82) is 0 Å². The molecule has 10 heteroatoms. The number of methoxy groups -OCH3 is 1. The predicted molar refractivity (Wildman–Crippen MR) is 161 cm³/mol. The highest BCUT2D eigenvalue weighted by Gasteiger charge is 2.22. The minimum absolute atomic E-state index is 0.0608. The molecule has 3 N–H and O–H groups in total. The molecule has 2 aromatic heterocycles. The Balaban J connectivity index is 1.29. The Kier molecular flexibility index (Phi) is 11.9. The quantitative estimate of drug-likeness (QED) is 0.206. The van der Waals surface area contributed by atoms with E-state index in [9.17, 15) is 14.7 Å². The van der Waals surface area contributed by atoms with E-state index in [1.165, 1.54) is 12.7 Å². The zero-order valence-corrected chi connectivity index (χ0v) is 24.3. The number of carboxylic acids is 1. The SMILES string of the molecule is COc1cccnc1CC(=O)N[C@@H](CCN(CCCCc1ccc2c(n1)NCCC2)CCOc1ccccc1)C(=O)O. The van der Waals surface area contributed by atoms with Crippen molar-refractivity contribution >= 4 is 17.7 Å². The number of fused-ring (bicyclic) bond motifs is 1. The molecule has 1 aliphatic heterocycles. The number of nitrogens with one attached hydrogen (secondary N) is 2. The summed E-state index contributed by atoms with van der Waals surface area (Å²) in [6.07, 6.45) is 6.78. The van der Waals surface area contributed by atoms with Crippen LogP contribution in [0.2, 0.25) is 0 Å². The number of aliphatic carboxylic acids is 1. The highest BCUT2D eigenvalue weighted by atomic mass is 16.5. The van der Waals surface area contributed by atoms with Crippen LogP contribution in [-0.4, -0.2) is 77.8 Å². The summed E-state index contributed by atoms with van der Waals surface area (Å²) in [5.41, 5.74) is 2.83. The first-order valence-corrected chi connectivity index (χ1v) is 14.6. The van der Waals surface area contributed by atoms with E-state index in [1.807, 2.05) is 30.3 Å². The van der Waals surface area contributed by atoms with Gasteiger partial charge < -0.3 is 25.2 Å². The fraction of sp³-hybridized carbons (Fsp3) is 0.438. The highest BCUT2D eigenvalue weighted by molar-refractivity contribution is 5.84. The van der Waals surface area contributed by atoms with Gasteiger partial charge in [0, 0.05) is 31.5 Å². The molecule has 0 spiro atoms. The van der Waals surface area contributed by atoms with Crippen molar-refractivity contribution in [2.24, 2.45) is 0 Å². The third kappa shape index (κ3) is 9.73. The maximum atomic E-state index is 12.7. The van der Waals surface area contributed by atoms with Gasteiger partial charge in [-0.25, -0.2) is 9.78 Å². The summed E-state index contributed by atoms with van der Waals surface area (Å²) in [4.78, 5) is 35.9. The molecule has 0 radical (unpaired) electrons. The summed E-state index contributed by atoms with van der Waals surface area (Å²) in [7, 11) is 1.51. The average molecular weight is 576 g/mol. The van der Waals surface area contributed by atoms with E-state index in [1.54, 1.807) is 18.3 Å². The minimum Gasteiger partial charge on any atom is -0.495 e. The lowest BCUT2D eigenvalue weighted by Crippen LogP contribution is -2.44. The van der Waals surface area contributed by atoms with Crippen molar-refractivity contribution in [3.63, 3.8) is 0 Å². The standard InChI is InChI=1S/C32H41N5O5/c1-41-29-13-8-17-33-28(29)23-30(38)36-27(32(39)40)16-20-37(21-22-42-26-11-3-2-4-12-26)19-6-5-10-25-15-14-24-9-7-18-34-31(24)35-25/h2-4,8,11-15,17,27H,5-7,9-10,16,18-23H2,1H3,(H,34,35)(H,36,38)(H,39,40)/t27-/m0/s1. The lowest BCUT2D eigenvalue weighted by molar-refractivity contribution is -0.142. The maximum absolute atomic E-state index is 12.7. The highest BCUT2D eigenvalue weighted by Crippen LogP contribution is 2.20. The third-order valence-corrected chi connectivity index (χ3v) is 7.29. The number of aromatic nitrogens is 2. The van der Waals surface area contributed by atoms with Crippen molar-refractivity contribution in [2.45, 2.75) is 51.0 Å². The number of benzene rings is 1. The summed E-state index contributed by atoms with van der Waals surface area (Å²) < 4.78 is 11.2. The number of ether oxygens (including phenoxy) is 2. The topological polar surface area (TPSA) is 126 Å². The Labute approximate surface area is 247 Å². The summed E-state index contributed by atoms with van der Waals surface area (Å²) in [5.74, 6) is 0.826. The number of carbonyl (C=O) groups is 2. The summed E-state index contributed by atoms with van der Waals surface area (Å²) in [6.45, 7) is 3.38. The minimum atomic E-state index is -1.07. The lowest BCUT2D eigenvalue weighted by Gasteiger charge is -2.24. The number of pyridine rings is 2. The first-order valence-electron chi connectivity index (χ1n) is 14.6. The number of amides is 1. The Morgan fingerprint density at radius 3 is 2.74 bits per heavy atom. The van der Waals surface area contributed by atoms with E-state index >= 15 is 0 Å². The van der Waals surface area contributed by atoms with Crippen LogP contribution in [0.1, 0.15) is 42.6 Å². The number of rotatable bonds is 17. The molecule has 3 aromatic rings. The second-order valence-corrected chi connectivity index (χ2v) is 10.4. The van der Waals surface area contributed by atoms with E-state index in [2.05, 4.69) is 32.7 Å². The molecular weight excluding hydrogens is 534 g/mol. The van der Waals surface area contributed by atoms with Gasteiger partial charge in [0.2, 0.25) is 5.91 Å². The van der Waals surface area contributed by atoms with E-state index < -0.39 is 17.9 Å². The van der Waals surface area contributed by atoms with Crippen molar-refractivity contribution in [3.05, 3.63) is 77.7 Å². The number of nitrogens with zero attached hydrogens (tertiary/aromatic N) is 3. The van der Waals surface area contributed by atoms with Crippen molar-refractivity contribution in [3.8, 4) is 11.5 Å². The van der Waals surface area contributed by atoms with Crippen molar-refractivity contribution in [2.75, 3.05) is 45.2 Å². The molecule has 1 amide bonds. The zero-order valence-electron chi connectivity index (χ0n) is 24.3. The molecule has 42 heavy (non-hydrogen) atoms. The van der Waals surface area contributed by atoms with Gasteiger partial charge in [0.05, 0.1) is 19.2 Å². The molecule has 1 aliphatic rings. The molecule has 0 unspecified atom stereocenters. The maximum Gasteiger partial charge on any atom is 0.326 e. The second-order valence-electron chi connectivity index (χ2n) is 10.4. The third-order valence-electron chi connectivity index (χ3n) is 7.29. The number of para-hydroxylation sites is 1. The lowest BCUT2D eigenvalue weighted by atomic mass is 10.1. The molecule has 0 bridgehead atoms. The van der Waals surface area contributed by atoms with E-state index in [0.717, 1.165) is 62.5 Å². The molecule has 224 valence electrons. The van der Waals surface area contributed by atoms with Gasteiger partial charge in [0.15, 0.2) is 0 Å². The summed E-state index contributed by atoms with van der Waals surface area (Å²) >= 11 is 0. The van der Waals surface area contributed by atoms with Crippen LogP contribution in [0.15, 0.2) is 60.8 Å². The smallest absolute Gasteiger partial charge is 0.326 e. The molecule has 0 aliphatic carbocycles. The number of hydrogen-bond acceptors (Lipinski definition) is 8. The number of carbonyl (C=O) groups excluding carboxylic acids is 1. The monoisotopic (exact) mass is 575 g/mol. The van der Waals surface area contributed by atoms with Crippen molar-refractivity contribution < 1.29 is 24.2 Å². The number of aryl methyl sites for hydroxylation is 2. The fourth-order valence-electron chi connectivity index (χ4n) is 5.00.